The summed E-state index contributed by atoms with van der Waals surface area (Å²) in [6.45, 7) is 5.50. The van der Waals surface area contributed by atoms with Crippen molar-refractivity contribution in [3.05, 3.63) is 55.4 Å². The van der Waals surface area contributed by atoms with Gasteiger partial charge in [0.05, 0.1) is 22.1 Å². The maximum Gasteiger partial charge on any atom is 0.232 e. The Labute approximate surface area is 171 Å². The molecule has 3 aromatic heterocycles. The van der Waals surface area contributed by atoms with Crippen LogP contribution >= 0.6 is 22.7 Å². The van der Waals surface area contributed by atoms with Crippen molar-refractivity contribution < 1.29 is 14.1 Å². The lowest BCUT2D eigenvalue weighted by molar-refractivity contribution is -0.117. The van der Waals surface area contributed by atoms with Gasteiger partial charge in [-0.3, -0.25) is 9.59 Å². The van der Waals surface area contributed by atoms with E-state index >= 15 is 0 Å². The summed E-state index contributed by atoms with van der Waals surface area (Å²) in [5, 5.41) is 9.58. The number of aryl methyl sites for hydroxylation is 3. The van der Waals surface area contributed by atoms with Crippen LogP contribution in [0.5, 0.6) is 0 Å². The monoisotopic (exact) mass is 414 g/mol. The molecule has 0 aromatic carbocycles. The van der Waals surface area contributed by atoms with Crippen LogP contribution in [0.1, 0.15) is 68.4 Å². The topological polar surface area (TPSA) is 72.2 Å². The number of amides is 1. The predicted octanol–water partition coefficient (Wildman–Crippen LogP) is 5.27. The zero-order chi connectivity index (χ0) is 19.8. The minimum absolute atomic E-state index is 0.00897. The molecule has 1 aliphatic carbocycles. The van der Waals surface area contributed by atoms with E-state index in [1.165, 1.54) is 16.2 Å². The molecular formula is C21H22N2O3S2. The van der Waals surface area contributed by atoms with Crippen LogP contribution in [0.25, 0.3) is 0 Å². The number of hydrogen-bond acceptors (Lipinski definition) is 6. The smallest absolute Gasteiger partial charge is 0.232 e. The van der Waals surface area contributed by atoms with Gasteiger partial charge in [-0.2, -0.15) is 0 Å². The Morgan fingerprint density at radius 1 is 1.25 bits per heavy atom. The average Bonchev–Trinajstić information content (AvgIpc) is 3.40. The Morgan fingerprint density at radius 3 is 2.71 bits per heavy atom. The number of nitrogens with one attached hydrogen (secondary N) is 1. The third-order valence-electron chi connectivity index (χ3n) is 5.29. The largest absolute Gasteiger partial charge is 0.361 e. The number of hydrogen-bond donors (Lipinski definition) is 1. The lowest BCUT2D eigenvalue weighted by atomic mass is 9.93. The summed E-state index contributed by atoms with van der Waals surface area (Å²) < 4.78 is 5.21. The van der Waals surface area contributed by atoms with Gasteiger partial charge < -0.3 is 9.84 Å². The summed E-state index contributed by atoms with van der Waals surface area (Å²) in [6.07, 6.45) is 4.08. The van der Waals surface area contributed by atoms with Crippen LogP contribution in [0, 0.1) is 13.8 Å². The Hall–Kier alpha value is -2.25. The molecule has 5 nitrogen and oxygen atoms in total. The highest BCUT2D eigenvalue weighted by molar-refractivity contribution is 7.17. The number of carbonyl (C=O) groups is 2. The van der Waals surface area contributed by atoms with Crippen molar-refractivity contribution in [2.45, 2.75) is 52.4 Å². The fraction of sp³-hybridized carbons (Fsp3) is 0.381. The van der Waals surface area contributed by atoms with Crippen molar-refractivity contribution in [2.75, 3.05) is 5.32 Å². The first-order valence-corrected chi connectivity index (χ1v) is 11.1. The van der Waals surface area contributed by atoms with E-state index in [0.29, 0.717) is 21.2 Å². The summed E-state index contributed by atoms with van der Waals surface area (Å²) >= 11 is 2.99. The number of carbonyl (C=O) groups excluding carboxylic acids is 2. The van der Waals surface area contributed by atoms with Crippen LogP contribution < -0.4 is 5.32 Å². The molecule has 0 spiro atoms. The molecule has 0 saturated carbocycles. The standard InChI is InChI=1S/C21H22N2O3S2/c1-11(17-12(2)23-26-13(17)3)20(25)22-21-18(19(24)16-9-6-10-27-16)14-7-4-5-8-15(14)28-21/h6,9-11H,4-5,7-8H2,1-3H3,(H,22,25)/t11-/m1/s1. The number of nitrogens with zero attached hydrogens (tertiary/aromatic N) is 1. The zero-order valence-electron chi connectivity index (χ0n) is 16.1. The summed E-state index contributed by atoms with van der Waals surface area (Å²) in [7, 11) is 0. The van der Waals surface area contributed by atoms with Crippen molar-refractivity contribution in [1.29, 1.82) is 0 Å². The number of fused-ring (bicyclic) bond motifs is 1. The molecule has 1 aliphatic rings. The van der Waals surface area contributed by atoms with Crippen molar-refractivity contribution in [2.24, 2.45) is 0 Å². The van der Waals surface area contributed by atoms with Gasteiger partial charge in [0.1, 0.15) is 10.8 Å². The van der Waals surface area contributed by atoms with Crippen molar-refractivity contribution in [3.63, 3.8) is 0 Å². The number of rotatable bonds is 5. The maximum absolute atomic E-state index is 13.2. The van der Waals surface area contributed by atoms with Gasteiger partial charge in [0.15, 0.2) is 0 Å². The molecule has 1 N–H and O–H groups in total. The van der Waals surface area contributed by atoms with Crippen molar-refractivity contribution >= 4 is 39.4 Å². The Morgan fingerprint density at radius 2 is 2.04 bits per heavy atom. The van der Waals surface area contributed by atoms with E-state index in [4.69, 9.17) is 4.52 Å². The second-order valence-corrected chi connectivity index (χ2v) is 9.22. The first-order chi connectivity index (χ1) is 13.5. The van der Waals surface area contributed by atoms with E-state index in [2.05, 4.69) is 10.5 Å². The number of ketones is 1. The van der Waals surface area contributed by atoms with E-state index in [9.17, 15) is 9.59 Å². The first-order valence-electron chi connectivity index (χ1n) is 9.43. The van der Waals surface area contributed by atoms with E-state index in [0.717, 1.165) is 42.5 Å². The Bertz CT molecular complexity index is 1010. The van der Waals surface area contributed by atoms with Crippen LogP contribution in [0.2, 0.25) is 0 Å². The lowest BCUT2D eigenvalue weighted by Gasteiger charge is -2.13. The van der Waals surface area contributed by atoms with Gasteiger partial charge >= 0.3 is 0 Å². The molecule has 0 saturated heterocycles. The quantitative estimate of drug-likeness (QED) is 0.578. The fourth-order valence-electron chi connectivity index (χ4n) is 3.88. The van der Waals surface area contributed by atoms with E-state index in [1.807, 2.05) is 38.3 Å². The molecule has 0 unspecified atom stereocenters. The molecule has 146 valence electrons. The first kappa shape index (κ1) is 19.1. The number of thiophene rings is 2. The predicted molar refractivity (Wildman–Crippen MR) is 112 cm³/mol. The Kier molecular flexibility index (Phi) is 5.21. The van der Waals surface area contributed by atoms with E-state index < -0.39 is 5.92 Å². The van der Waals surface area contributed by atoms with Crippen LogP contribution in [-0.2, 0) is 17.6 Å². The summed E-state index contributed by atoms with van der Waals surface area (Å²) in [5.74, 6) is 0.110. The van der Waals surface area contributed by atoms with E-state index in [1.54, 1.807) is 11.3 Å². The SMILES string of the molecule is Cc1noc(C)c1[C@@H](C)C(=O)Nc1sc2c(c1C(=O)c1cccs1)CCCC2. The molecule has 1 atom stereocenters. The minimum atomic E-state index is -0.407. The van der Waals surface area contributed by atoms with Crippen LogP contribution in [0.3, 0.4) is 0 Å². The second-order valence-electron chi connectivity index (χ2n) is 7.17. The highest BCUT2D eigenvalue weighted by atomic mass is 32.1. The molecule has 0 fully saturated rings. The normalized spacial score (nSPS) is 14.5. The zero-order valence-corrected chi connectivity index (χ0v) is 17.8. The summed E-state index contributed by atoms with van der Waals surface area (Å²) in [5.41, 5.74) is 3.34. The van der Waals surface area contributed by atoms with Crippen molar-refractivity contribution in [1.82, 2.24) is 5.16 Å². The second kappa shape index (κ2) is 7.64. The van der Waals surface area contributed by atoms with Crippen LogP contribution in [0.15, 0.2) is 22.0 Å². The molecule has 3 aromatic rings. The molecule has 0 bridgehead atoms. The highest BCUT2D eigenvalue weighted by Gasteiger charge is 2.29. The highest BCUT2D eigenvalue weighted by Crippen LogP contribution is 2.40. The molecule has 3 heterocycles. The molecule has 4 rings (SSSR count). The minimum Gasteiger partial charge on any atom is -0.361 e. The third kappa shape index (κ3) is 3.33. The summed E-state index contributed by atoms with van der Waals surface area (Å²) in [4.78, 5) is 28.1. The van der Waals surface area contributed by atoms with Crippen molar-refractivity contribution in [3.8, 4) is 0 Å². The van der Waals surface area contributed by atoms with E-state index in [-0.39, 0.29) is 11.7 Å². The average molecular weight is 415 g/mol. The Balaban J connectivity index is 1.68. The van der Waals surface area contributed by atoms with Gasteiger partial charge in [-0.1, -0.05) is 11.2 Å². The number of aromatic nitrogens is 1. The molecule has 0 aliphatic heterocycles. The molecule has 0 radical (unpaired) electrons. The van der Waals surface area contributed by atoms with Crippen LogP contribution in [0.4, 0.5) is 5.00 Å². The lowest BCUT2D eigenvalue weighted by Crippen LogP contribution is -2.20. The number of anilines is 1. The molecule has 1 amide bonds. The van der Waals surface area contributed by atoms with Gasteiger partial charge in [0.25, 0.3) is 0 Å². The van der Waals surface area contributed by atoms with Gasteiger partial charge in [-0.15, -0.1) is 22.7 Å². The third-order valence-corrected chi connectivity index (χ3v) is 7.37. The summed E-state index contributed by atoms with van der Waals surface area (Å²) in [6, 6.07) is 3.73. The maximum atomic E-state index is 13.2. The van der Waals surface area contributed by atoms with Gasteiger partial charge in [-0.05, 0) is 63.5 Å². The fourth-order valence-corrected chi connectivity index (χ4v) is 5.84. The van der Waals surface area contributed by atoms with Gasteiger partial charge in [0.2, 0.25) is 11.7 Å². The van der Waals surface area contributed by atoms with Gasteiger partial charge in [0, 0.05) is 10.4 Å². The van der Waals surface area contributed by atoms with Crippen LogP contribution in [-0.4, -0.2) is 16.8 Å². The molecule has 28 heavy (non-hydrogen) atoms. The van der Waals surface area contributed by atoms with Gasteiger partial charge in [-0.25, -0.2) is 0 Å². The molecule has 7 heteroatoms. The molecular weight excluding hydrogens is 392 g/mol.